The van der Waals surface area contributed by atoms with Gasteiger partial charge in [-0.15, -0.1) is 0 Å². The second-order valence-corrected chi connectivity index (χ2v) is 5.50. The first-order valence-electron chi connectivity index (χ1n) is 6.87. The van der Waals surface area contributed by atoms with E-state index >= 15 is 0 Å². The van der Waals surface area contributed by atoms with Crippen LogP contribution in [0, 0.1) is 0 Å². The van der Waals surface area contributed by atoms with Gasteiger partial charge < -0.3 is 19.9 Å². The third kappa shape index (κ3) is 2.36. The normalized spacial score (nSPS) is 24.5. The zero-order valence-electron chi connectivity index (χ0n) is 11.4. The van der Waals surface area contributed by atoms with Gasteiger partial charge in [0.2, 0.25) is 0 Å². The van der Waals surface area contributed by atoms with Crippen LogP contribution in [0.2, 0.25) is 0 Å². The summed E-state index contributed by atoms with van der Waals surface area (Å²) in [6.07, 6.45) is 3.47. The minimum absolute atomic E-state index is 0.297. The van der Waals surface area contributed by atoms with E-state index in [1.54, 1.807) is 7.11 Å². The van der Waals surface area contributed by atoms with E-state index in [-0.39, 0.29) is 11.3 Å². The van der Waals surface area contributed by atoms with E-state index in [1.165, 1.54) is 0 Å². The molecule has 19 heavy (non-hydrogen) atoms. The number of ether oxygens (including phenoxy) is 3. The molecule has 0 bridgehead atoms. The Hall–Kier alpha value is -1.10. The van der Waals surface area contributed by atoms with Crippen molar-refractivity contribution in [2.24, 2.45) is 5.73 Å². The largest absolute Gasteiger partial charge is 0.497 e. The molecular formula is C15H21NO3. The van der Waals surface area contributed by atoms with Gasteiger partial charge in [0.15, 0.2) is 5.79 Å². The van der Waals surface area contributed by atoms with E-state index in [9.17, 15) is 0 Å². The van der Waals surface area contributed by atoms with Crippen LogP contribution < -0.4 is 10.5 Å². The van der Waals surface area contributed by atoms with E-state index in [0.717, 1.165) is 37.0 Å². The summed E-state index contributed by atoms with van der Waals surface area (Å²) in [6, 6.07) is 8.06. The number of methoxy groups -OCH3 is 1. The summed E-state index contributed by atoms with van der Waals surface area (Å²) in [5.41, 5.74) is 7.43. The number of rotatable bonds is 2. The topological polar surface area (TPSA) is 53.7 Å². The van der Waals surface area contributed by atoms with Crippen molar-refractivity contribution >= 4 is 0 Å². The molecule has 2 fully saturated rings. The lowest BCUT2D eigenvalue weighted by Crippen LogP contribution is -2.47. The Kier molecular flexibility index (Phi) is 3.25. The van der Waals surface area contributed by atoms with Crippen molar-refractivity contribution in [3.05, 3.63) is 29.8 Å². The van der Waals surface area contributed by atoms with Crippen molar-refractivity contribution in [1.29, 1.82) is 0 Å². The molecule has 0 aromatic heterocycles. The molecule has 1 saturated heterocycles. The molecule has 1 saturated carbocycles. The molecule has 2 N–H and O–H groups in total. The minimum Gasteiger partial charge on any atom is -0.497 e. The molecule has 1 aliphatic heterocycles. The quantitative estimate of drug-likeness (QED) is 0.888. The maximum absolute atomic E-state index is 6.59. The lowest BCUT2D eigenvalue weighted by atomic mass is 9.75. The van der Waals surface area contributed by atoms with Crippen LogP contribution in [0.5, 0.6) is 5.75 Å². The SMILES string of the molecule is COc1cccc(C2(N)CCC3(CC2)OCCO3)c1. The Morgan fingerprint density at radius 1 is 1.11 bits per heavy atom. The summed E-state index contributed by atoms with van der Waals surface area (Å²) in [5, 5.41) is 0. The van der Waals surface area contributed by atoms with Crippen LogP contribution in [-0.4, -0.2) is 26.1 Å². The summed E-state index contributed by atoms with van der Waals surface area (Å²) in [4.78, 5) is 0. The molecule has 104 valence electrons. The van der Waals surface area contributed by atoms with E-state index in [0.29, 0.717) is 13.2 Å². The second kappa shape index (κ2) is 4.78. The fraction of sp³-hybridized carbons (Fsp3) is 0.600. The Bertz CT molecular complexity index is 444. The first-order chi connectivity index (χ1) is 9.16. The van der Waals surface area contributed by atoms with Crippen LogP contribution in [0.1, 0.15) is 31.2 Å². The molecule has 4 nitrogen and oxygen atoms in total. The highest BCUT2D eigenvalue weighted by Gasteiger charge is 2.45. The predicted octanol–water partition coefficient (Wildman–Crippen LogP) is 2.17. The molecule has 0 atom stereocenters. The first-order valence-corrected chi connectivity index (χ1v) is 6.87. The van der Waals surface area contributed by atoms with E-state index in [4.69, 9.17) is 19.9 Å². The van der Waals surface area contributed by atoms with Crippen molar-refractivity contribution in [3.63, 3.8) is 0 Å². The fourth-order valence-electron chi connectivity index (χ4n) is 3.08. The van der Waals surface area contributed by atoms with Crippen molar-refractivity contribution in [2.45, 2.75) is 37.0 Å². The second-order valence-electron chi connectivity index (χ2n) is 5.50. The molecule has 3 rings (SSSR count). The first kappa shape index (κ1) is 12.9. The molecule has 0 unspecified atom stereocenters. The van der Waals surface area contributed by atoms with Gasteiger partial charge in [0.25, 0.3) is 0 Å². The van der Waals surface area contributed by atoms with Crippen molar-refractivity contribution in [3.8, 4) is 5.75 Å². The Balaban J connectivity index is 1.77. The van der Waals surface area contributed by atoms with Gasteiger partial charge in [-0.25, -0.2) is 0 Å². The van der Waals surface area contributed by atoms with Crippen LogP contribution in [0.25, 0.3) is 0 Å². The molecule has 0 amide bonds. The summed E-state index contributed by atoms with van der Waals surface area (Å²) in [7, 11) is 1.68. The molecule has 0 radical (unpaired) electrons. The van der Waals surface area contributed by atoms with Crippen LogP contribution in [0.3, 0.4) is 0 Å². The van der Waals surface area contributed by atoms with Gasteiger partial charge in [0, 0.05) is 18.4 Å². The lowest BCUT2D eigenvalue weighted by Gasteiger charge is -2.41. The molecule has 1 aromatic rings. The molecule has 4 heteroatoms. The zero-order valence-corrected chi connectivity index (χ0v) is 11.4. The highest BCUT2D eigenvalue weighted by Crippen LogP contribution is 2.43. The molecule has 1 aromatic carbocycles. The van der Waals surface area contributed by atoms with E-state index in [2.05, 4.69) is 6.07 Å². The molecule has 1 spiro atoms. The van der Waals surface area contributed by atoms with Gasteiger partial charge in [-0.1, -0.05) is 12.1 Å². The highest BCUT2D eigenvalue weighted by atomic mass is 16.7. The van der Waals surface area contributed by atoms with Gasteiger partial charge in [0.1, 0.15) is 5.75 Å². The summed E-state index contributed by atoms with van der Waals surface area (Å²) < 4.78 is 16.8. The van der Waals surface area contributed by atoms with E-state index in [1.807, 2.05) is 18.2 Å². The summed E-state index contributed by atoms with van der Waals surface area (Å²) in [5.74, 6) is 0.498. The Morgan fingerprint density at radius 2 is 1.79 bits per heavy atom. The van der Waals surface area contributed by atoms with Gasteiger partial charge in [-0.2, -0.15) is 0 Å². The third-order valence-corrected chi connectivity index (χ3v) is 4.36. The molecule has 2 aliphatic rings. The van der Waals surface area contributed by atoms with Crippen LogP contribution >= 0.6 is 0 Å². The number of hydrogen-bond donors (Lipinski definition) is 1. The lowest BCUT2D eigenvalue weighted by molar-refractivity contribution is -0.185. The third-order valence-electron chi connectivity index (χ3n) is 4.36. The molecular weight excluding hydrogens is 242 g/mol. The van der Waals surface area contributed by atoms with Crippen LogP contribution in [0.15, 0.2) is 24.3 Å². The summed E-state index contributed by atoms with van der Waals surface area (Å²) in [6.45, 7) is 1.41. The molecule has 1 aliphatic carbocycles. The maximum Gasteiger partial charge on any atom is 0.168 e. The van der Waals surface area contributed by atoms with Crippen LogP contribution in [0.4, 0.5) is 0 Å². The van der Waals surface area contributed by atoms with Crippen LogP contribution in [-0.2, 0) is 15.0 Å². The highest BCUT2D eigenvalue weighted by molar-refractivity contribution is 5.33. The maximum atomic E-state index is 6.59. The smallest absolute Gasteiger partial charge is 0.168 e. The molecule has 1 heterocycles. The monoisotopic (exact) mass is 263 g/mol. The number of benzene rings is 1. The van der Waals surface area contributed by atoms with Crippen molar-refractivity contribution in [2.75, 3.05) is 20.3 Å². The average molecular weight is 263 g/mol. The van der Waals surface area contributed by atoms with Gasteiger partial charge >= 0.3 is 0 Å². The van der Waals surface area contributed by atoms with Gasteiger partial charge in [0.05, 0.1) is 20.3 Å². The Morgan fingerprint density at radius 3 is 2.42 bits per heavy atom. The van der Waals surface area contributed by atoms with Gasteiger partial charge in [-0.3, -0.25) is 0 Å². The fourth-order valence-corrected chi connectivity index (χ4v) is 3.08. The van der Waals surface area contributed by atoms with Gasteiger partial charge in [-0.05, 0) is 30.5 Å². The summed E-state index contributed by atoms with van der Waals surface area (Å²) >= 11 is 0. The average Bonchev–Trinajstić information content (AvgIpc) is 2.92. The Labute approximate surface area is 113 Å². The van der Waals surface area contributed by atoms with Crippen molar-refractivity contribution < 1.29 is 14.2 Å². The number of nitrogens with two attached hydrogens (primary N) is 1. The van der Waals surface area contributed by atoms with E-state index < -0.39 is 0 Å². The standard InChI is InChI=1S/C15H21NO3/c1-17-13-4-2-3-12(11-13)14(16)5-7-15(8-6-14)18-9-10-19-15/h2-4,11H,5-10,16H2,1H3. The number of hydrogen-bond acceptors (Lipinski definition) is 4. The minimum atomic E-state index is -0.359. The van der Waals surface area contributed by atoms with Crippen molar-refractivity contribution in [1.82, 2.24) is 0 Å². The predicted molar refractivity (Wildman–Crippen MR) is 72.0 cm³/mol. The zero-order chi connectivity index (χ0) is 13.3.